The van der Waals surface area contributed by atoms with Gasteiger partial charge < -0.3 is 4.90 Å². The largest absolute Gasteiger partial charge is 0.364 e. The molecule has 0 aliphatic carbocycles. The van der Waals surface area contributed by atoms with Crippen LogP contribution in [-0.4, -0.2) is 44.7 Å². The van der Waals surface area contributed by atoms with E-state index in [1.165, 1.54) is 22.5 Å². The monoisotopic (exact) mass is 366 g/mol. The van der Waals surface area contributed by atoms with Gasteiger partial charge in [-0.1, -0.05) is 36.4 Å². The summed E-state index contributed by atoms with van der Waals surface area (Å²) in [6, 6.07) is 13.2. The van der Waals surface area contributed by atoms with Crippen LogP contribution in [0.15, 0.2) is 48.5 Å². The van der Waals surface area contributed by atoms with Crippen molar-refractivity contribution in [2.24, 2.45) is 0 Å². The first-order valence-electron chi connectivity index (χ1n) is 8.18. The molecule has 7 heteroatoms. The standard InChI is InChI=1S/C18H20F2N2O2S/c19-16-7-4-8-17(20)18(16)21-10-12-22(13-11-21)25(23,24)14-9-15-5-2-1-3-6-15/h1-8H,9-14H2. The first-order chi connectivity index (χ1) is 12.0. The van der Waals surface area contributed by atoms with E-state index in [9.17, 15) is 17.2 Å². The van der Waals surface area contributed by atoms with Crippen LogP contribution in [0.5, 0.6) is 0 Å². The summed E-state index contributed by atoms with van der Waals surface area (Å²) < 4.78 is 54.1. The quantitative estimate of drug-likeness (QED) is 0.817. The van der Waals surface area contributed by atoms with Crippen LogP contribution < -0.4 is 4.90 Å². The van der Waals surface area contributed by atoms with Crippen LogP contribution in [0.3, 0.4) is 0 Å². The summed E-state index contributed by atoms with van der Waals surface area (Å²) in [5, 5.41) is 0. The van der Waals surface area contributed by atoms with E-state index in [0.717, 1.165) is 5.56 Å². The number of hydrogen-bond donors (Lipinski definition) is 0. The second-order valence-electron chi connectivity index (χ2n) is 6.01. The first-order valence-corrected chi connectivity index (χ1v) is 9.79. The first kappa shape index (κ1) is 17.8. The molecule has 0 spiro atoms. The van der Waals surface area contributed by atoms with Crippen molar-refractivity contribution in [3.8, 4) is 0 Å². The molecule has 0 N–H and O–H groups in total. The van der Waals surface area contributed by atoms with E-state index in [-0.39, 0.29) is 37.6 Å². The number of anilines is 1. The predicted molar refractivity (Wildman–Crippen MR) is 94.1 cm³/mol. The SMILES string of the molecule is O=S(=O)(CCc1ccccc1)N1CCN(c2c(F)cccc2F)CC1. The van der Waals surface area contributed by atoms with E-state index in [4.69, 9.17) is 0 Å². The average Bonchev–Trinajstić information content (AvgIpc) is 2.61. The van der Waals surface area contributed by atoms with Crippen LogP contribution in [0.4, 0.5) is 14.5 Å². The molecular formula is C18H20F2N2O2S. The van der Waals surface area contributed by atoms with Crippen LogP contribution in [0.1, 0.15) is 5.56 Å². The zero-order chi connectivity index (χ0) is 17.9. The van der Waals surface area contributed by atoms with Gasteiger partial charge in [0.15, 0.2) is 0 Å². The summed E-state index contributed by atoms with van der Waals surface area (Å²) in [4.78, 5) is 1.56. The topological polar surface area (TPSA) is 40.6 Å². The highest BCUT2D eigenvalue weighted by atomic mass is 32.2. The van der Waals surface area contributed by atoms with Crippen LogP contribution >= 0.6 is 0 Å². The molecule has 0 saturated carbocycles. The van der Waals surface area contributed by atoms with Gasteiger partial charge in [0.05, 0.1) is 5.75 Å². The number of para-hydroxylation sites is 1. The zero-order valence-corrected chi connectivity index (χ0v) is 14.6. The Morgan fingerprint density at radius 1 is 0.840 bits per heavy atom. The fraction of sp³-hybridized carbons (Fsp3) is 0.333. The summed E-state index contributed by atoms with van der Waals surface area (Å²) in [6.07, 6.45) is 0.450. The summed E-state index contributed by atoms with van der Waals surface area (Å²) in [5.41, 5.74) is 0.891. The second kappa shape index (κ2) is 7.49. The van der Waals surface area contributed by atoms with Gasteiger partial charge in [-0.2, -0.15) is 4.31 Å². The third-order valence-electron chi connectivity index (χ3n) is 4.38. The maximum Gasteiger partial charge on any atom is 0.214 e. The molecule has 134 valence electrons. The Hall–Kier alpha value is -1.99. The Labute approximate surface area is 146 Å². The summed E-state index contributed by atoms with van der Waals surface area (Å²) in [5.74, 6) is -1.22. The molecule has 4 nitrogen and oxygen atoms in total. The fourth-order valence-corrected chi connectivity index (χ4v) is 4.47. The predicted octanol–water partition coefficient (Wildman–Crippen LogP) is 2.66. The van der Waals surface area contributed by atoms with Crippen molar-refractivity contribution < 1.29 is 17.2 Å². The number of sulfonamides is 1. The van der Waals surface area contributed by atoms with Crippen LogP contribution in [-0.2, 0) is 16.4 Å². The van der Waals surface area contributed by atoms with Crippen molar-refractivity contribution in [2.45, 2.75) is 6.42 Å². The van der Waals surface area contributed by atoms with Crippen LogP contribution in [0.2, 0.25) is 0 Å². The van der Waals surface area contributed by atoms with E-state index >= 15 is 0 Å². The van der Waals surface area contributed by atoms with Gasteiger partial charge in [-0.3, -0.25) is 0 Å². The lowest BCUT2D eigenvalue weighted by molar-refractivity contribution is 0.381. The fourth-order valence-electron chi connectivity index (χ4n) is 3.00. The van der Waals surface area contributed by atoms with Crippen molar-refractivity contribution in [3.05, 3.63) is 65.7 Å². The molecule has 25 heavy (non-hydrogen) atoms. The number of piperazine rings is 1. The third kappa shape index (κ3) is 4.16. The maximum absolute atomic E-state index is 13.9. The van der Waals surface area contributed by atoms with Gasteiger partial charge in [0, 0.05) is 26.2 Å². The summed E-state index contributed by atoms with van der Waals surface area (Å²) >= 11 is 0. The Bertz CT molecular complexity index is 800. The molecule has 0 bridgehead atoms. The minimum absolute atomic E-state index is 0.0328. The number of halogens is 2. The van der Waals surface area contributed by atoms with Gasteiger partial charge in [0.25, 0.3) is 0 Å². The van der Waals surface area contributed by atoms with Gasteiger partial charge in [-0.15, -0.1) is 0 Å². The van der Waals surface area contributed by atoms with Gasteiger partial charge in [0.1, 0.15) is 17.3 Å². The smallest absolute Gasteiger partial charge is 0.214 e. The lowest BCUT2D eigenvalue weighted by Crippen LogP contribution is -2.49. The molecule has 0 radical (unpaired) electrons. The third-order valence-corrected chi connectivity index (χ3v) is 6.25. The van der Waals surface area contributed by atoms with Gasteiger partial charge in [0.2, 0.25) is 10.0 Å². The van der Waals surface area contributed by atoms with Crippen LogP contribution in [0, 0.1) is 11.6 Å². The Kier molecular flexibility index (Phi) is 5.34. The summed E-state index contributed by atoms with van der Waals surface area (Å²) in [7, 11) is -3.39. The molecule has 2 aromatic carbocycles. The molecule has 0 aromatic heterocycles. The number of rotatable bonds is 5. The molecule has 1 aliphatic heterocycles. The molecule has 1 heterocycles. The highest BCUT2D eigenvalue weighted by Crippen LogP contribution is 2.25. The number of benzene rings is 2. The van der Waals surface area contributed by atoms with Crippen molar-refractivity contribution in [3.63, 3.8) is 0 Å². The second-order valence-corrected chi connectivity index (χ2v) is 8.10. The minimum atomic E-state index is -3.39. The van der Waals surface area contributed by atoms with Crippen LogP contribution in [0.25, 0.3) is 0 Å². The highest BCUT2D eigenvalue weighted by molar-refractivity contribution is 7.89. The molecule has 0 amide bonds. The van der Waals surface area contributed by atoms with Gasteiger partial charge >= 0.3 is 0 Å². The zero-order valence-electron chi connectivity index (χ0n) is 13.7. The van der Waals surface area contributed by atoms with Crippen molar-refractivity contribution in [1.82, 2.24) is 4.31 Å². The maximum atomic E-state index is 13.9. The van der Waals surface area contributed by atoms with E-state index in [0.29, 0.717) is 6.42 Å². The average molecular weight is 366 g/mol. The van der Waals surface area contributed by atoms with E-state index < -0.39 is 21.7 Å². The lowest BCUT2D eigenvalue weighted by atomic mass is 10.2. The van der Waals surface area contributed by atoms with E-state index in [1.54, 1.807) is 4.90 Å². The molecule has 0 atom stereocenters. The van der Waals surface area contributed by atoms with Crippen molar-refractivity contribution >= 4 is 15.7 Å². The van der Waals surface area contributed by atoms with E-state index in [1.807, 2.05) is 30.3 Å². The molecule has 0 unspecified atom stereocenters. The van der Waals surface area contributed by atoms with Crippen molar-refractivity contribution in [2.75, 3.05) is 36.8 Å². The normalized spacial score (nSPS) is 16.2. The van der Waals surface area contributed by atoms with Gasteiger partial charge in [-0.05, 0) is 24.1 Å². The van der Waals surface area contributed by atoms with Crippen molar-refractivity contribution in [1.29, 1.82) is 0 Å². The van der Waals surface area contributed by atoms with E-state index in [2.05, 4.69) is 0 Å². The Morgan fingerprint density at radius 3 is 2.04 bits per heavy atom. The molecule has 3 rings (SSSR count). The summed E-state index contributed by atoms with van der Waals surface area (Å²) in [6.45, 7) is 0.987. The minimum Gasteiger partial charge on any atom is -0.364 e. The number of nitrogens with zero attached hydrogens (tertiary/aromatic N) is 2. The molecule has 2 aromatic rings. The Balaban J connectivity index is 1.61. The molecule has 1 aliphatic rings. The molecule has 1 fully saturated rings. The highest BCUT2D eigenvalue weighted by Gasteiger charge is 2.28. The molecule has 1 saturated heterocycles. The number of aryl methyl sites for hydroxylation is 1. The number of hydrogen-bond acceptors (Lipinski definition) is 3. The lowest BCUT2D eigenvalue weighted by Gasteiger charge is -2.35. The molecular weight excluding hydrogens is 346 g/mol. The van der Waals surface area contributed by atoms with Gasteiger partial charge in [-0.25, -0.2) is 17.2 Å². The Morgan fingerprint density at radius 2 is 1.44 bits per heavy atom.